The highest BCUT2D eigenvalue weighted by molar-refractivity contribution is 7.21. The number of rotatable bonds is 5. The molecule has 4 aromatic rings. The van der Waals surface area contributed by atoms with E-state index in [1.165, 1.54) is 11.3 Å². The van der Waals surface area contributed by atoms with Crippen LogP contribution < -0.4 is 10.6 Å². The van der Waals surface area contributed by atoms with Crippen molar-refractivity contribution in [3.8, 4) is 0 Å². The summed E-state index contributed by atoms with van der Waals surface area (Å²) >= 11 is 7.59. The number of hydrogen-bond donors (Lipinski definition) is 2. The zero-order chi connectivity index (χ0) is 21.2. The van der Waals surface area contributed by atoms with E-state index in [-0.39, 0.29) is 5.91 Å². The van der Waals surface area contributed by atoms with Gasteiger partial charge in [0.15, 0.2) is 0 Å². The molecule has 3 heterocycles. The lowest BCUT2D eigenvalue weighted by Crippen LogP contribution is -2.46. The van der Waals surface area contributed by atoms with Gasteiger partial charge in [-0.25, -0.2) is 9.97 Å². The van der Waals surface area contributed by atoms with Gasteiger partial charge in [0.05, 0.1) is 10.4 Å². The maximum absolute atomic E-state index is 12.9. The van der Waals surface area contributed by atoms with E-state index in [2.05, 4.69) is 21.7 Å². The van der Waals surface area contributed by atoms with Gasteiger partial charge in [-0.05, 0) is 42.3 Å². The average Bonchev–Trinajstić information content (AvgIpc) is 3.24. The molecular formula is C23H22ClN5OS. The summed E-state index contributed by atoms with van der Waals surface area (Å²) in [5, 5.41) is 9.30. The maximum atomic E-state index is 12.9. The van der Waals surface area contributed by atoms with E-state index in [9.17, 15) is 4.79 Å². The van der Waals surface area contributed by atoms with Crippen molar-refractivity contribution in [3.63, 3.8) is 0 Å². The van der Waals surface area contributed by atoms with Gasteiger partial charge in [0.1, 0.15) is 0 Å². The molecule has 2 N–H and O–H groups in total. The molecule has 1 saturated heterocycles. The average molecular weight is 452 g/mol. The van der Waals surface area contributed by atoms with Crippen LogP contribution >= 0.6 is 22.9 Å². The molecular weight excluding hydrogens is 430 g/mol. The van der Waals surface area contributed by atoms with Crippen molar-refractivity contribution in [3.05, 3.63) is 64.1 Å². The molecule has 1 amide bonds. The van der Waals surface area contributed by atoms with Crippen LogP contribution in [0.25, 0.3) is 21.0 Å². The summed E-state index contributed by atoms with van der Waals surface area (Å²) < 4.78 is 1.06. The van der Waals surface area contributed by atoms with Crippen molar-refractivity contribution >= 4 is 55.8 Å². The first-order valence-electron chi connectivity index (χ1n) is 10.3. The summed E-state index contributed by atoms with van der Waals surface area (Å²) in [5.41, 5.74) is 2.03. The molecule has 0 unspecified atom stereocenters. The second-order valence-corrected chi connectivity index (χ2v) is 9.09. The molecule has 31 heavy (non-hydrogen) atoms. The molecule has 0 atom stereocenters. The molecule has 0 spiro atoms. The lowest BCUT2D eigenvalue weighted by atomic mass is 10.1. The van der Waals surface area contributed by atoms with Gasteiger partial charge in [0, 0.05) is 59.4 Å². The summed E-state index contributed by atoms with van der Waals surface area (Å²) in [5.74, 6) is 0.688. The zero-order valence-electron chi connectivity index (χ0n) is 16.9. The zero-order valence-corrected chi connectivity index (χ0v) is 18.5. The van der Waals surface area contributed by atoms with Crippen molar-refractivity contribution in [1.29, 1.82) is 0 Å². The number of nitrogens with one attached hydrogen (secondary N) is 2. The van der Waals surface area contributed by atoms with Gasteiger partial charge in [0.25, 0.3) is 5.91 Å². The van der Waals surface area contributed by atoms with Crippen molar-refractivity contribution in [1.82, 2.24) is 20.2 Å². The molecule has 2 aromatic carbocycles. The number of aromatic nitrogens is 2. The number of hydrogen-bond acceptors (Lipinski definition) is 6. The van der Waals surface area contributed by atoms with Gasteiger partial charge in [-0.3, -0.25) is 4.79 Å². The van der Waals surface area contributed by atoms with Gasteiger partial charge in [0.2, 0.25) is 5.95 Å². The van der Waals surface area contributed by atoms with E-state index in [1.54, 1.807) is 0 Å². The third-order valence-corrected chi connectivity index (χ3v) is 6.77. The number of fused-ring (bicyclic) bond motifs is 3. The number of nitrogens with zero attached hydrogens (tertiary/aromatic N) is 3. The van der Waals surface area contributed by atoms with Crippen molar-refractivity contribution in [2.24, 2.45) is 0 Å². The Balaban J connectivity index is 1.38. The predicted molar refractivity (Wildman–Crippen MR) is 127 cm³/mol. The van der Waals surface area contributed by atoms with Crippen molar-refractivity contribution < 1.29 is 4.79 Å². The smallest absolute Gasteiger partial charge is 0.264 e. The number of benzene rings is 2. The van der Waals surface area contributed by atoms with Crippen LogP contribution in [0.15, 0.2) is 48.7 Å². The Bertz CT molecular complexity index is 1250. The molecule has 6 nitrogen and oxygen atoms in total. The number of carbonyl (C=O) groups excluding carboxylic acids is 1. The monoisotopic (exact) mass is 451 g/mol. The van der Waals surface area contributed by atoms with Gasteiger partial charge in [-0.15, -0.1) is 11.3 Å². The fourth-order valence-corrected chi connectivity index (χ4v) is 5.08. The molecule has 158 valence electrons. The summed E-state index contributed by atoms with van der Waals surface area (Å²) in [7, 11) is 0. The maximum Gasteiger partial charge on any atom is 0.264 e. The first kappa shape index (κ1) is 20.2. The number of thiophene rings is 1. The summed E-state index contributed by atoms with van der Waals surface area (Å²) in [6.45, 7) is 3.89. The Morgan fingerprint density at radius 1 is 1.19 bits per heavy atom. The third-order valence-electron chi connectivity index (χ3n) is 5.45. The molecule has 1 fully saturated rings. The Kier molecular flexibility index (Phi) is 5.72. The summed E-state index contributed by atoms with van der Waals surface area (Å²) in [6, 6.07) is 13.9. The fraction of sp³-hybridized carbons (Fsp3) is 0.261. The van der Waals surface area contributed by atoms with E-state index in [4.69, 9.17) is 16.6 Å². The van der Waals surface area contributed by atoms with E-state index in [0.717, 1.165) is 69.1 Å². The normalized spacial score (nSPS) is 14.3. The lowest BCUT2D eigenvalue weighted by Gasteiger charge is -2.26. The van der Waals surface area contributed by atoms with Crippen LogP contribution in [-0.2, 0) is 6.42 Å². The number of anilines is 1. The minimum atomic E-state index is 0.102. The minimum Gasteiger partial charge on any atom is -0.354 e. The van der Waals surface area contributed by atoms with Crippen LogP contribution in [-0.4, -0.2) is 53.5 Å². The van der Waals surface area contributed by atoms with Crippen molar-refractivity contribution in [2.45, 2.75) is 6.42 Å². The fourth-order valence-electron chi connectivity index (χ4n) is 3.83. The lowest BCUT2D eigenvalue weighted by molar-refractivity contribution is 0.0741. The van der Waals surface area contributed by atoms with Crippen LogP contribution in [0.2, 0.25) is 5.02 Å². The molecule has 8 heteroatoms. The van der Waals surface area contributed by atoms with Gasteiger partial charge in [-0.2, -0.15) is 0 Å². The van der Waals surface area contributed by atoms with E-state index >= 15 is 0 Å². The molecule has 5 rings (SSSR count). The third kappa shape index (κ3) is 4.35. The standard InChI is InChI=1S/C23H22ClN5OS/c24-17-3-1-2-15(12-17)6-7-26-23-27-14-16-4-5-19-18(21(16)28-23)13-20(31-19)22(30)29-10-8-25-9-11-29/h1-5,12-14,25H,6-11H2,(H,26,27,28). The van der Waals surface area contributed by atoms with E-state index in [0.29, 0.717) is 12.5 Å². The highest BCUT2D eigenvalue weighted by Gasteiger charge is 2.20. The molecule has 1 aliphatic rings. The van der Waals surface area contributed by atoms with Crippen LogP contribution in [0.5, 0.6) is 0 Å². The number of carbonyl (C=O) groups is 1. The van der Waals surface area contributed by atoms with Crippen LogP contribution in [0, 0.1) is 0 Å². The van der Waals surface area contributed by atoms with Crippen LogP contribution in [0.4, 0.5) is 5.95 Å². The first-order chi connectivity index (χ1) is 15.2. The first-order valence-corrected chi connectivity index (χ1v) is 11.5. The quantitative estimate of drug-likeness (QED) is 0.476. The topological polar surface area (TPSA) is 70.2 Å². The summed E-state index contributed by atoms with van der Waals surface area (Å²) in [6.07, 6.45) is 2.66. The number of amides is 1. The highest BCUT2D eigenvalue weighted by atomic mass is 35.5. The SMILES string of the molecule is O=C(c1cc2c(ccc3cnc(NCCc4cccc(Cl)c4)nc32)s1)N1CCNCC1. The Hall–Kier alpha value is -2.74. The molecule has 0 radical (unpaired) electrons. The molecule has 1 aliphatic heterocycles. The Labute approximate surface area is 189 Å². The van der Waals surface area contributed by atoms with E-state index in [1.807, 2.05) is 47.5 Å². The van der Waals surface area contributed by atoms with Crippen LogP contribution in [0.3, 0.4) is 0 Å². The van der Waals surface area contributed by atoms with Crippen LogP contribution in [0.1, 0.15) is 15.2 Å². The second kappa shape index (κ2) is 8.78. The minimum absolute atomic E-state index is 0.102. The van der Waals surface area contributed by atoms with Gasteiger partial charge < -0.3 is 15.5 Å². The number of halogens is 1. The largest absolute Gasteiger partial charge is 0.354 e. The molecule has 0 bridgehead atoms. The van der Waals surface area contributed by atoms with Gasteiger partial charge in [-0.1, -0.05) is 23.7 Å². The van der Waals surface area contributed by atoms with Crippen molar-refractivity contribution in [2.75, 3.05) is 38.0 Å². The highest BCUT2D eigenvalue weighted by Crippen LogP contribution is 2.32. The molecule has 0 aliphatic carbocycles. The Morgan fingerprint density at radius 3 is 2.90 bits per heavy atom. The second-order valence-electron chi connectivity index (χ2n) is 7.57. The predicted octanol–water partition coefficient (Wildman–Crippen LogP) is 4.20. The summed E-state index contributed by atoms with van der Waals surface area (Å²) in [4.78, 5) is 24.8. The molecule has 2 aromatic heterocycles. The van der Waals surface area contributed by atoms with E-state index < -0.39 is 0 Å². The number of piperazine rings is 1. The van der Waals surface area contributed by atoms with Gasteiger partial charge >= 0.3 is 0 Å². The molecule has 0 saturated carbocycles. The Morgan fingerprint density at radius 2 is 2.06 bits per heavy atom.